The summed E-state index contributed by atoms with van der Waals surface area (Å²) in [6.45, 7) is 4.35. The van der Waals surface area contributed by atoms with Crippen LogP contribution in [0.3, 0.4) is 0 Å². The molecular formula is C11H14N6OS. The first-order chi connectivity index (χ1) is 9.04. The van der Waals surface area contributed by atoms with Gasteiger partial charge in [-0.05, 0) is 13.8 Å². The van der Waals surface area contributed by atoms with Crippen LogP contribution in [-0.2, 0) is 13.6 Å². The van der Waals surface area contributed by atoms with E-state index in [2.05, 4.69) is 20.2 Å². The predicted molar refractivity (Wildman–Crippen MR) is 72.3 cm³/mol. The Morgan fingerprint density at radius 1 is 1.32 bits per heavy atom. The van der Waals surface area contributed by atoms with Crippen LogP contribution >= 0.6 is 11.3 Å². The molecule has 0 saturated heterocycles. The summed E-state index contributed by atoms with van der Waals surface area (Å²) in [5.41, 5.74) is 1.91. The van der Waals surface area contributed by atoms with Crippen molar-refractivity contribution in [2.75, 3.05) is 11.9 Å². The molecular weight excluding hydrogens is 264 g/mol. The molecule has 0 amide bonds. The van der Waals surface area contributed by atoms with Gasteiger partial charge in [-0.2, -0.15) is 10.1 Å². The highest BCUT2D eigenvalue weighted by Gasteiger charge is 2.16. The maximum absolute atomic E-state index is 5.12. The van der Waals surface area contributed by atoms with Crippen LogP contribution in [0.5, 0.6) is 0 Å². The largest absolute Gasteiger partial charge is 0.342 e. The summed E-state index contributed by atoms with van der Waals surface area (Å²) in [5, 5.41) is 9.04. The molecule has 0 unspecified atom stereocenters. The summed E-state index contributed by atoms with van der Waals surface area (Å²) in [4.78, 5) is 10.8. The minimum absolute atomic E-state index is 0.549. The fourth-order valence-electron chi connectivity index (χ4n) is 1.91. The molecule has 8 heteroatoms. The normalized spacial score (nSPS) is 11.4. The minimum atomic E-state index is 0.549. The summed E-state index contributed by atoms with van der Waals surface area (Å²) >= 11 is 1.62. The van der Waals surface area contributed by atoms with E-state index >= 15 is 0 Å². The second-order valence-electron chi connectivity index (χ2n) is 4.45. The highest BCUT2D eigenvalue weighted by Crippen LogP contribution is 2.30. The van der Waals surface area contributed by atoms with E-state index in [1.807, 2.05) is 25.9 Å². The molecule has 19 heavy (non-hydrogen) atoms. The minimum Gasteiger partial charge on any atom is -0.342 e. The molecule has 7 nitrogen and oxygen atoms in total. The maximum atomic E-state index is 5.12. The number of hydrogen-bond donors (Lipinski definition) is 0. The third kappa shape index (κ3) is 2.07. The SMILES string of the molecule is Cc1noc(CN(C)c2nc3c(s2)c(C)nn3C)n1. The Kier molecular flexibility index (Phi) is 2.74. The Morgan fingerprint density at radius 3 is 2.74 bits per heavy atom. The average molecular weight is 278 g/mol. The van der Waals surface area contributed by atoms with Gasteiger partial charge in [-0.3, -0.25) is 0 Å². The Bertz CT molecular complexity index is 692. The fourth-order valence-corrected chi connectivity index (χ4v) is 2.90. The van der Waals surface area contributed by atoms with E-state index in [4.69, 9.17) is 4.52 Å². The molecule has 100 valence electrons. The Hall–Kier alpha value is -1.96. The van der Waals surface area contributed by atoms with Crippen molar-refractivity contribution in [3.8, 4) is 0 Å². The molecule has 3 heterocycles. The number of hydrogen-bond acceptors (Lipinski definition) is 7. The molecule has 0 radical (unpaired) electrons. The summed E-state index contributed by atoms with van der Waals surface area (Å²) in [5.74, 6) is 1.24. The van der Waals surface area contributed by atoms with Gasteiger partial charge in [-0.1, -0.05) is 16.5 Å². The molecule has 0 aliphatic rings. The highest BCUT2D eigenvalue weighted by molar-refractivity contribution is 7.22. The number of thiazole rings is 1. The van der Waals surface area contributed by atoms with E-state index < -0.39 is 0 Å². The first kappa shape index (κ1) is 12.1. The van der Waals surface area contributed by atoms with Gasteiger partial charge in [0.25, 0.3) is 0 Å². The number of aryl methyl sites for hydroxylation is 3. The van der Waals surface area contributed by atoms with Crippen LogP contribution < -0.4 is 4.90 Å². The fraction of sp³-hybridized carbons (Fsp3) is 0.455. The van der Waals surface area contributed by atoms with Crippen molar-refractivity contribution in [3.63, 3.8) is 0 Å². The van der Waals surface area contributed by atoms with E-state index in [0.29, 0.717) is 18.3 Å². The lowest BCUT2D eigenvalue weighted by Crippen LogP contribution is -2.16. The second-order valence-corrected chi connectivity index (χ2v) is 5.43. The summed E-state index contributed by atoms with van der Waals surface area (Å²) < 4.78 is 8.03. The van der Waals surface area contributed by atoms with Gasteiger partial charge in [0.1, 0.15) is 0 Å². The topological polar surface area (TPSA) is 72.9 Å². The Morgan fingerprint density at radius 2 is 2.11 bits per heavy atom. The average Bonchev–Trinajstić information content (AvgIpc) is 3.00. The van der Waals surface area contributed by atoms with Crippen LogP contribution in [0, 0.1) is 13.8 Å². The van der Waals surface area contributed by atoms with Crippen molar-refractivity contribution in [1.29, 1.82) is 0 Å². The first-order valence-corrected chi connectivity index (χ1v) is 6.66. The monoisotopic (exact) mass is 278 g/mol. The van der Waals surface area contributed by atoms with Gasteiger partial charge in [-0.25, -0.2) is 9.67 Å². The zero-order valence-electron chi connectivity index (χ0n) is 11.2. The van der Waals surface area contributed by atoms with Crippen molar-refractivity contribution in [3.05, 3.63) is 17.4 Å². The van der Waals surface area contributed by atoms with Crippen molar-refractivity contribution in [1.82, 2.24) is 24.9 Å². The zero-order valence-corrected chi connectivity index (χ0v) is 12.0. The molecule has 3 rings (SSSR count). The van der Waals surface area contributed by atoms with Crippen molar-refractivity contribution in [2.24, 2.45) is 7.05 Å². The predicted octanol–water partition coefficient (Wildman–Crippen LogP) is 1.67. The van der Waals surface area contributed by atoms with Gasteiger partial charge in [0.15, 0.2) is 16.6 Å². The van der Waals surface area contributed by atoms with Crippen LogP contribution in [-0.4, -0.2) is 32.0 Å². The van der Waals surface area contributed by atoms with E-state index in [0.717, 1.165) is 21.2 Å². The standard InChI is InChI=1S/C11H14N6OS/c1-6-9-10(17(4)14-6)13-11(19-9)16(3)5-8-12-7(2)15-18-8/h5H2,1-4H3. The lowest BCUT2D eigenvalue weighted by atomic mass is 10.5. The van der Waals surface area contributed by atoms with Gasteiger partial charge in [-0.15, -0.1) is 0 Å². The number of nitrogens with zero attached hydrogens (tertiary/aromatic N) is 6. The maximum Gasteiger partial charge on any atom is 0.246 e. The molecule has 3 aromatic rings. The molecule has 0 aromatic carbocycles. The third-order valence-corrected chi connectivity index (χ3v) is 4.07. The summed E-state index contributed by atoms with van der Waals surface area (Å²) in [7, 11) is 3.86. The molecule has 0 aliphatic carbocycles. The second kappa shape index (κ2) is 4.30. The van der Waals surface area contributed by atoms with Crippen molar-refractivity contribution >= 4 is 26.8 Å². The van der Waals surface area contributed by atoms with Crippen LogP contribution in [0.4, 0.5) is 5.13 Å². The van der Waals surface area contributed by atoms with E-state index in [1.165, 1.54) is 0 Å². The summed E-state index contributed by atoms with van der Waals surface area (Å²) in [6.07, 6.45) is 0. The van der Waals surface area contributed by atoms with Gasteiger partial charge in [0.2, 0.25) is 5.89 Å². The number of anilines is 1. The molecule has 0 aliphatic heterocycles. The van der Waals surface area contributed by atoms with Gasteiger partial charge < -0.3 is 9.42 Å². The van der Waals surface area contributed by atoms with E-state index in [-0.39, 0.29) is 0 Å². The lowest BCUT2D eigenvalue weighted by molar-refractivity contribution is 0.374. The smallest absolute Gasteiger partial charge is 0.246 e. The van der Waals surface area contributed by atoms with Crippen LogP contribution in [0.1, 0.15) is 17.4 Å². The van der Waals surface area contributed by atoms with Gasteiger partial charge >= 0.3 is 0 Å². The Labute approximate surface area is 113 Å². The highest BCUT2D eigenvalue weighted by atomic mass is 32.1. The van der Waals surface area contributed by atoms with Crippen LogP contribution in [0.15, 0.2) is 4.52 Å². The Balaban J connectivity index is 1.89. The number of aromatic nitrogens is 5. The quantitative estimate of drug-likeness (QED) is 0.725. The third-order valence-electron chi connectivity index (χ3n) is 2.80. The molecule has 0 atom stereocenters. The van der Waals surface area contributed by atoms with Crippen LogP contribution in [0.25, 0.3) is 10.3 Å². The summed E-state index contributed by atoms with van der Waals surface area (Å²) in [6, 6.07) is 0. The molecule has 0 bridgehead atoms. The number of fused-ring (bicyclic) bond motifs is 1. The first-order valence-electron chi connectivity index (χ1n) is 5.85. The zero-order chi connectivity index (χ0) is 13.6. The molecule has 3 aromatic heterocycles. The van der Waals surface area contributed by atoms with E-state index in [1.54, 1.807) is 22.9 Å². The van der Waals surface area contributed by atoms with Crippen molar-refractivity contribution in [2.45, 2.75) is 20.4 Å². The lowest BCUT2D eigenvalue weighted by Gasteiger charge is -2.11. The molecule has 0 fully saturated rings. The van der Waals surface area contributed by atoms with Crippen molar-refractivity contribution < 1.29 is 4.52 Å². The van der Waals surface area contributed by atoms with E-state index in [9.17, 15) is 0 Å². The van der Waals surface area contributed by atoms with Gasteiger partial charge in [0.05, 0.1) is 16.9 Å². The van der Waals surface area contributed by atoms with Crippen LogP contribution in [0.2, 0.25) is 0 Å². The molecule has 0 N–H and O–H groups in total. The van der Waals surface area contributed by atoms with Gasteiger partial charge in [0, 0.05) is 14.1 Å². The number of rotatable bonds is 3. The molecule has 0 saturated carbocycles. The molecule has 0 spiro atoms.